The smallest absolute Gasteiger partial charge is 0.0481 e. The van der Waals surface area contributed by atoms with Crippen LogP contribution >= 0.6 is 0 Å². The van der Waals surface area contributed by atoms with E-state index in [1.165, 1.54) is 44.9 Å². The molecule has 0 saturated carbocycles. The van der Waals surface area contributed by atoms with Crippen molar-refractivity contribution in [1.29, 1.82) is 0 Å². The minimum atomic E-state index is 0.429. The van der Waals surface area contributed by atoms with Gasteiger partial charge in [0.05, 0.1) is 0 Å². The van der Waals surface area contributed by atoms with Crippen molar-refractivity contribution in [3.05, 3.63) is 0 Å². The van der Waals surface area contributed by atoms with Crippen LogP contribution in [-0.2, 0) is 4.74 Å². The zero-order valence-electron chi connectivity index (χ0n) is 11.8. The summed E-state index contributed by atoms with van der Waals surface area (Å²) >= 11 is 0. The third-order valence-corrected chi connectivity index (χ3v) is 3.10. The summed E-state index contributed by atoms with van der Waals surface area (Å²) in [6.07, 6.45) is 11.4. The second-order valence-corrected chi connectivity index (χ2v) is 4.82. The van der Waals surface area contributed by atoms with Gasteiger partial charge in [0, 0.05) is 19.3 Å². The molecule has 0 aromatic heterocycles. The number of nitrogens with two attached hydrogens (primary N) is 1. The van der Waals surface area contributed by atoms with E-state index in [0.717, 1.165) is 26.1 Å². The summed E-state index contributed by atoms with van der Waals surface area (Å²) in [5, 5.41) is 0. The van der Waals surface area contributed by atoms with E-state index in [0.29, 0.717) is 6.04 Å². The molecule has 0 aliphatic carbocycles. The van der Waals surface area contributed by atoms with Gasteiger partial charge in [-0.25, -0.2) is 0 Å². The lowest BCUT2D eigenvalue weighted by atomic mass is 10.0. The van der Waals surface area contributed by atoms with Crippen molar-refractivity contribution >= 4 is 0 Å². The third kappa shape index (κ3) is 12.1. The highest BCUT2D eigenvalue weighted by molar-refractivity contribution is 4.63. The molecule has 0 aromatic rings. The molecule has 3 heteroatoms. The maximum atomic E-state index is 5.54. The number of ether oxygens (including phenoxy) is 1. The van der Waals surface area contributed by atoms with Gasteiger partial charge < -0.3 is 4.74 Å². The van der Waals surface area contributed by atoms with Crippen LogP contribution in [0.1, 0.15) is 71.6 Å². The van der Waals surface area contributed by atoms with E-state index in [-0.39, 0.29) is 0 Å². The number of rotatable bonds is 13. The lowest BCUT2D eigenvalue weighted by Gasteiger charge is -2.15. The largest absolute Gasteiger partial charge is 0.381 e. The number of hydrogen-bond acceptors (Lipinski definition) is 3. The van der Waals surface area contributed by atoms with Gasteiger partial charge in [-0.15, -0.1) is 0 Å². The topological polar surface area (TPSA) is 47.3 Å². The molecule has 0 aliphatic heterocycles. The van der Waals surface area contributed by atoms with Gasteiger partial charge in [-0.05, 0) is 19.3 Å². The fourth-order valence-corrected chi connectivity index (χ4v) is 1.95. The first-order valence-electron chi connectivity index (χ1n) is 7.39. The van der Waals surface area contributed by atoms with Crippen LogP contribution < -0.4 is 11.3 Å². The maximum absolute atomic E-state index is 5.54. The summed E-state index contributed by atoms with van der Waals surface area (Å²) < 4.78 is 5.48. The summed E-state index contributed by atoms with van der Waals surface area (Å²) in [6.45, 7) is 6.09. The highest BCUT2D eigenvalue weighted by Crippen LogP contribution is 2.10. The maximum Gasteiger partial charge on any atom is 0.0481 e. The zero-order valence-corrected chi connectivity index (χ0v) is 11.8. The van der Waals surface area contributed by atoms with Crippen LogP contribution in [0.25, 0.3) is 0 Å². The lowest BCUT2D eigenvalue weighted by Crippen LogP contribution is -2.36. The Bertz CT molecular complexity index is 142. The summed E-state index contributed by atoms with van der Waals surface area (Å²) in [4.78, 5) is 0. The van der Waals surface area contributed by atoms with E-state index in [1.807, 2.05) is 0 Å². The van der Waals surface area contributed by atoms with Crippen molar-refractivity contribution < 1.29 is 4.74 Å². The summed E-state index contributed by atoms with van der Waals surface area (Å²) in [5.74, 6) is 5.54. The van der Waals surface area contributed by atoms with Gasteiger partial charge >= 0.3 is 0 Å². The summed E-state index contributed by atoms with van der Waals surface area (Å²) in [5.41, 5.74) is 2.90. The van der Waals surface area contributed by atoms with Crippen LogP contribution in [0.3, 0.4) is 0 Å². The van der Waals surface area contributed by atoms with Crippen molar-refractivity contribution in [2.45, 2.75) is 77.7 Å². The predicted octanol–water partition coefficient (Wildman–Crippen LogP) is 3.39. The molecule has 0 amide bonds. The standard InChI is InChI=1S/C14H32N2O/c1-3-5-6-7-8-9-10-14(16-15)11-13-17-12-4-2/h14,16H,3-13,15H2,1-2H3. The predicted molar refractivity (Wildman–Crippen MR) is 74.8 cm³/mol. The van der Waals surface area contributed by atoms with Crippen LogP contribution in [0.2, 0.25) is 0 Å². The van der Waals surface area contributed by atoms with Crippen molar-refractivity contribution in [2.24, 2.45) is 5.84 Å². The minimum absolute atomic E-state index is 0.429. The van der Waals surface area contributed by atoms with Crippen molar-refractivity contribution in [3.63, 3.8) is 0 Å². The zero-order chi connectivity index (χ0) is 12.8. The van der Waals surface area contributed by atoms with Crippen LogP contribution in [0.4, 0.5) is 0 Å². The second-order valence-electron chi connectivity index (χ2n) is 4.82. The van der Waals surface area contributed by atoms with E-state index in [2.05, 4.69) is 19.3 Å². The quantitative estimate of drug-likeness (QED) is 0.296. The van der Waals surface area contributed by atoms with Gasteiger partial charge in [0.2, 0.25) is 0 Å². The molecule has 0 aliphatic rings. The highest BCUT2D eigenvalue weighted by atomic mass is 16.5. The molecule has 3 nitrogen and oxygen atoms in total. The van der Waals surface area contributed by atoms with E-state index in [9.17, 15) is 0 Å². The molecular weight excluding hydrogens is 212 g/mol. The Balaban J connectivity index is 3.28. The molecular formula is C14H32N2O. The van der Waals surface area contributed by atoms with Crippen molar-refractivity contribution in [2.75, 3.05) is 13.2 Å². The van der Waals surface area contributed by atoms with Gasteiger partial charge in [0.25, 0.3) is 0 Å². The Morgan fingerprint density at radius 2 is 1.59 bits per heavy atom. The molecule has 3 N–H and O–H groups in total. The molecule has 0 fully saturated rings. The van der Waals surface area contributed by atoms with Gasteiger partial charge in [-0.2, -0.15) is 0 Å². The van der Waals surface area contributed by atoms with E-state index < -0.39 is 0 Å². The monoisotopic (exact) mass is 244 g/mol. The normalized spacial score (nSPS) is 12.9. The Morgan fingerprint density at radius 3 is 2.24 bits per heavy atom. The fraction of sp³-hybridized carbons (Fsp3) is 1.00. The van der Waals surface area contributed by atoms with Gasteiger partial charge in [0.1, 0.15) is 0 Å². The SMILES string of the molecule is CCCCCCCCC(CCOCCC)NN. The van der Waals surface area contributed by atoms with Crippen LogP contribution in [0.5, 0.6) is 0 Å². The van der Waals surface area contributed by atoms with E-state index in [1.54, 1.807) is 0 Å². The molecule has 0 heterocycles. The molecule has 0 radical (unpaired) electrons. The average Bonchev–Trinajstić information content (AvgIpc) is 2.36. The molecule has 0 saturated heterocycles. The van der Waals surface area contributed by atoms with Crippen LogP contribution in [-0.4, -0.2) is 19.3 Å². The van der Waals surface area contributed by atoms with Crippen LogP contribution in [0, 0.1) is 0 Å². The number of hydrogen-bond donors (Lipinski definition) is 2. The third-order valence-electron chi connectivity index (χ3n) is 3.10. The highest BCUT2D eigenvalue weighted by Gasteiger charge is 2.05. The molecule has 0 aromatic carbocycles. The second kappa shape index (κ2) is 13.9. The molecule has 104 valence electrons. The van der Waals surface area contributed by atoms with Crippen molar-refractivity contribution in [3.8, 4) is 0 Å². The first kappa shape index (κ1) is 16.9. The fourth-order valence-electron chi connectivity index (χ4n) is 1.95. The van der Waals surface area contributed by atoms with E-state index in [4.69, 9.17) is 10.6 Å². The first-order valence-corrected chi connectivity index (χ1v) is 7.39. The first-order chi connectivity index (χ1) is 8.35. The van der Waals surface area contributed by atoms with Gasteiger partial charge in [-0.1, -0.05) is 52.4 Å². The van der Waals surface area contributed by atoms with Gasteiger partial charge in [-0.3, -0.25) is 11.3 Å². The van der Waals surface area contributed by atoms with E-state index >= 15 is 0 Å². The Hall–Kier alpha value is -0.120. The van der Waals surface area contributed by atoms with Crippen LogP contribution in [0.15, 0.2) is 0 Å². The number of hydrazine groups is 1. The Kier molecular flexibility index (Phi) is 13.8. The number of unbranched alkanes of at least 4 members (excludes halogenated alkanes) is 5. The summed E-state index contributed by atoms with van der Waals surface area (Å²) in [6, 6.07) is 0.429. The molecule has 0 rings (SSSR count). The Morgan fingerprint density at radius 1 is 0.882 bits per heavy atom. The number of nitrogens with one attached hydrogen (secondary N) is 1. The molecule has 0 bridgehead atoms. The minimum Gasteiger partial charge on any atom is -0.381 e. The molecule has 0 spiro atoms. The average molecular weight is 244 g/mol. The Labute approximate surface area is 107 Å². The molecule has 1 unspecified atom stereocenters. The van der Waals surface area contributed by atoms with Crippen molar-refractivity contribution in [1.82, 2.24) is 5.43 Å². The molecule has 1 atom stereocenters. The van der Waals surface area contributed by atoms with Gasteiger partial charge in [0.15, 0.2) is 0 Å². The summed E-state index contributed by atoms with van der Waals surface area (Å²) in [7, 11) is 0. The molecule has 17 heavy (non-hydrogen) atoms. The lowest BCUT2D eigenvalue weighted by molar-refractivity contribution is 0.123.